The second-order valence-corrected chi connectivity index (χ2v) is 7.92. The van der Waals surface area contributed by atoms with Gasteiger partial charge in [0.25, 0.3) is 0 Å². The molecule has 0 amide bonds. The molecule has 0 aliphatic carbocycles. The molecule has 6 heteroatoms. The highest BCUT2D eigenvalue weighted by atomic mass is 32.2. The molecular formula is C15H22N2O3S. The van der Waals surface area contributed by atoms with Gasteiger partial charge in [0.1, 0.15) is 0 Å². The van der Waals surface area contributed by atoms with E-state index in [9.17, 15) is 8.42 Å². The Labute approximate surface area is 126 Å². The third-order valence-electron chi connectivity index (χ3n) is 4.37. The summed E-state index contributed by atoms with van der Waals surface area (Å²) in [4.78, 5) is 0.402. The Hall–Kier alpha value is -0.950. The predicted molar refractivity (Wildman–Crippen MR) is 80.3 cm³/mol. The Balaban J connectivity index is 1.75. The van der Waals surface area contributed by atoms with Crippen molar-refractivity contribution in [3.05, 3.63) is 29.3 Å². The maximum Gasteiger partial charge on any atom is 0.242 e. The van der Waals surface area contributed by atoms with Crippen molar-refractivity contribution >= 4 is 10.0 Å². The van der Waals surface area contributed by atoms with Crippen molar-refractivity contribution in [2.75, 3.05) is 26.8 Å². The number of sulfonamides is 1. The summed E-state index contributed by atoms with van der Waals surface area (Å²) in [6.07, 6.45) is 1.88. The lowest BCUT2D eigenvalue weighted by Crippen LogP contribution is -2.34. The van der Waals surface area contributed by atoms with Crippen LogP contribution in [0.4, 0.5) is 0 Å². The first-order chi connectivity index (χ1) is 10.1. The van der Waals surface area contributed by atoms with Crippen LogP contribution in [0.3, 0.4) is 0 Å². The van der Waals surface area contributed by atoms with Crippen LogP contribution in [0.15, 0.2) is 23.1 Å². The summed E-state index contributed by atoms with van der Waals surface area (Å²) in [6.45, 7) is 3.63. The zero-order chi connectivity index (χ0) is 14.9. The van der Waals surface area contributed by atoms with Crippen molar-refractivity contribution in [1.29, 1.82) is 0 Å². The molecular weight excluding hydrogens is 288 g/mol. The first kappa shape index (κ1) is 15.0. The Morgan fingerprint density at radius 1 is 1.24 bits per heavy atom. The topological polar surface area (TPSA) is 58.6 Å². The van der Waals surface area contributed by atoms with Gasteiger partial charge in [-0.1, -0.05) is 6.07 Å². The molecule has 2 heterocycles. The molecule has 0 saturated carbocycles. The van der Waals surface area contributed by atoms with Crippen molar-refractivity contribution in [2.24, 2.45) is 5.92 Å². The van der Waals surface area contributed by atoms with E-state index in [4.69, 9.17) is 4.74 Å². The summed E-state index contributed by atoms with van der Waals surface area (Å²) in [6, 6.07) is 5.46. The van der Waals surface area contributed by atoms with E-state index < -0.39 is 10.0 Å². The van der Waals surface area contributed by atoms with Crippen molar-refractivity contribution < 1.29 is 13.2 Å². The number of benzene rings is 1. The number of fused-ring (bicyclic) bond motifs is 1. The fourth-order valence-electron chi connectivity index (χ4n) is 3.00. The predicted octanol–water partition coefficient (Wildman–Crippen LogP) is 1.34. The minimum atomic E-state index is -3.40. The van der Waals surface area contributed by atoms with Gasteiger partial charge in [0, 0.05) is 39.9 Å². The largest absolute Gasteiger partial charge is 0.381 e. The lowest BCUT2D eigenvalue weighted by Gasteiger charge is -2.26. The highest BCUT2D eigenvalue weighted by Crippen LogP contribution is 2.24. The third kappa shape index (κ3) is 3.13. The van der Waals surface area contributed by atoms with E-state index in [0.717, 1.165) is 44.7 Å². The number of rotatable bonds is 4. The molecule has 1 aromatic rings. The first-order valence-corrected chi connectivity index (χ1v) is 8.88. The molecule has 0 aromatic heterocycles. The molecule has 0 bridgehead atoms. The number of ether oxygens (including phenoxy) is 1. The number of nitrogens with zero attached hydrogens (tertiary/aromatic N) is 1. The lowest BCUT2D eigenvalue weighted by molar-refractivity contribution is 0.0620. The summed E-state index contributed by atoms with van der Waals surface area (Å²) >= 11 is 0. The summed E-state index contributed by atoms with van der Waals surface area (Å²) in [5, 5.41) is 3.24. The molecule has 0 radical (unpaired) electrons. The molecule has 1 aromatic carbocycles. The molecule has 116 valence electrons. The number of hydrogen-bond acceptors (Lipinski definition) is 4. The summed E-state index contributed by atoms with van der Waals surface area (Å²) in [7, 11) is -1.72. The molecule has 5 nitrogen and oxygen atoms in total. The quantitative estimate of drug-likeness (QED) is 0.912. The summed E-state index contributed by atoms with van der Waals surface area (Å²) in [5.41, 5.74) is 2.29. The van der Waals surface area contributed by atoms with Gasteiger partial charge in [0.2, 0.25) is 10.0 Å². The number of nitrogens with one attached hydrogen (secondary N) is 1. The molecule has 2 aliphatic heterocycles. The maximum absolute atomic E-state index is 12.7. The molecule has 0 atom stereocenters. The molecule has 2 aliphatic rings. The second kappa shape index (κ2) is 6.04. The van der Waals surface area contributed by atoms with Crippen LogP contribution in [-0.2, 0) is 27.8 Å². The molecule has 3 rings (SSSR count). The van der Waals surface area contributed by atoms with E-state index in [2.05, 4.69) is 5.32 Å². The zero-order valence-corrected chi connectivity index (χ0v) is 13.2. The van der Waals surface area contributed by atoms with Gasteiger partial charge in [0.05, 0.1) is 4.90 Å². The van der Waals surface area contributed by atoms with E-state index in [1.807, 2.05) is 12.1 Å². The van der Waals surface area contributed by atoms with Crippen molar-refractivity contribution in [1.82, 2.24) is 9.62 Å². The van der Waals surface area contributed by atoms with Crippen LogP contribution >= 0.6 is 0 Å². The zero-order valence-electron chi connectivity index (χ0n) is 12.3. The van der Waals surface area contributed by atoms with Gasteiger partial charge in [-0.25, -0.2) is 12.7 Å². The normalized spacial score (nSPS) is 19.9. The highest BCUT2D eigenvalue weighted by Gasteiger charge is 2.26. The Bertz CT molecular complexity index is 609. The molecule has 1 N–H and O–H groups in total. The van der Waals surface area contributed by atoms with Gasteiger partial charge in [-0.2, -0.15) is 0 Å². The van der Waals surface area contributed by atoms with Crippen molar-refractivity contribution in [3.63, 3.8) is 0 Å². The minimum absolute atomic E-state index is 0.398. The standard InChI is InChI=1S/C15H22N2O3S/c1-17(11-12-4-6-20-7-5-12)21(18,19)15-3-2-13-9-16-10-14(13)8-15/h2-3,8,12,16H,4-7,9-11H2,1H3. The molecule has 0 spiro atoms. The van der Waals surface area contributed by atoms with Crippen LogP contribution in [-0.4, -0.2) is 39.5 Å². The van der Waals surface area contributed by atoms with E-state index in [0.29, 0.717) is 17.4 Å². The Morgan fingerprint density at radius 2 is 1.95 bits per heavy atom. The van der Waals surface area contributed by atoms with E-state index in [-0.39, 0.29) is 0 Å². The molecule has 21 heavy (non-hydrogen) atoms. The summed E-state index contributed by atoms with van der Waals surface area (Å²) < 4.78 is 32.2. The Kier molecular flexibility index (Phi) is 4.31. The van der Waals surface area contributed by atoms with Gasteiger partial charge in [0.15, 0.2) is 0 Å². The van der Waals surface area contributed by atoms with E-state index in [1.54, 1.807) is 13.1 Å². The van der Waals surface area contributed by atoms with Crippen LogP contribution in [0.1, 0.15) is 24.0 Å². The van der Waals surface area contributed by atoms with Crippen LogP contribution in [0.2, 0.25) is 0 Å². The fourth-order valence-corrected chi connectivity index (χ4v) is 4.30. The first-order valence-electron chi connectivity index (χ1n) is 7.44. The lowest BCUT2D eigenvalue weighted by atomic mass is 10.0. The van der Waals surface area contributed by atoms with Crippen LogP contribution < -0.4 is 5.32 Å². The van der Waals surface area contributed by atoms with Gasteiger partial charge in [-0.15, -0.1) is 0 Å². The third-order valence-corrected chi connectivity index (χ3v) is 6.19. The highest BCUT2D eigenvalue weighted by molar-refractivity contribution is 7.89. The second-order valence-electron chi connectivity index (χ2n) is 5.88. The van der Waals surface area contributed by atoms with Crippen molar-refractivity contribution in [3.8, 4) is 0 Å². The molecule has 1 fully saturated rings. The van der Waals surface area contributed by atoms with E-state index >= 15 is 0 Å². The van der Waals surface area contributed by atoms with Crippen LogP contribution in [0.25, 0.3) is 0 Å². The van der Waals surface area contributed by atoms with Crippen molar-refractivity contribution in [2.45, 2.75) is 30.8 Å². The SMILES string of the molecule is CN(CC1CCOCC1)S(=O)(=O)c1ccc2c(c1)CNC2. The summed E-state index contributed by atoms with van der Waals surface area (Å²) in [5.74, 6) is 0.398. The van der Waals surface area contributed by atoms with Gasteiger partial charge >= 0.3 is 0 Å². The number of hydrogen-bond donors (Lipinski definition) is 1. The average Bonchev–Trinajstić information content (AvgIpc) is 2.95. The fraction of sp³-hybridized carbons (Fsp3) is 0.600. The Morgan fingerprint density at radius 3 is 2.71 bits per heavy atom. The minimum Gasteiger partial charge on any atom is -0.381 e. The van der Waals surface area contributed by atoms with E-state index in [1.165, 1.54) is 9.87 Å². The van der Waals surface area contributed by atoms with Crippen LogP contribution in [0.5, 0.6) is 0 Å². The van der Waals surface area contributed by atoms with Gasteiger partial charge in [-0.3, -0.25) is 0 Å². The molecule has 1 saturated heterocycles. The van der Waals surface area contributed by atoms with Gasteiger partial charge in [-0.05, 0) is 42.0 Å². The van der Waals surface area contributed by atoms with Gasteiger partial charge < -0.3 is 10.1 Å². The monoisotopic (exact) mass is 310 g/mol. The smallest absolute Gasteiger partial charge is 0.242 e. The molecule has 0 unspecified atom stereocenters. The van der Waals surface area contributed by atoms with Crippen LogP contribution in [0, 0.1) is 5.92 Å². The average molecular weight is 310 g/mol. The maximum atomic E-state index is 12.7.